The Bertz CT molecular complexity index is 3960. The highest BCUT2D eigenvalue weighted by molar-refractivity contribution is 6.01. The summed E-state index contributed by atoms with van der Waals surface area (Å²) in [5.74, 6) is -11.5. The third kappa shape index (κ3) is 19.4. The van der Waals surface area contributed by atoms with Crippen LogP contribution in [0, 0.1) is 23.5 Å². The number of carbonyl (C=O) groups is 11. The first-order valence-electron chi connectivity index (χ1n) is 34.6. The van der Waals surface area contributed by atoms with Gasteiger partial charge in [0, 0.05) is 80.6 Å². The van der Waals surface area contributed by atoms with Gasteiger partial charge in [0.1, 0.15) is 59.5 Å². The minimum absolute atomic E-state index is 0.00382. The Hall–Kier alpha value is -9.96. The number of benzene rings is 4. The van der Waals surface area contributed by atoms with Gasteiger partial charge in [0.15, 0.2) is 18.2 Å². The third-order valence-electron chi connectivity index (χ3n) is 19.6. The fourth-order valence-electron chi connectivity index (χ4n) is 13.7. The number of aliphatic hydroxyl groups is 1. The van der Waals surface area contributed by atoms with Crippen molar-refractivity contribution in [3.63, 3.8) is 0 Å². The lowest BCUT2D eigenvalue weighted by molar-refractivity contribution is -0.147. The first-order chi connectivity index (χ1) is 48.7. The molecule has 9 amide bonds. The average Bonchev–Trinajstić information content (AvgIpc) is 1.59. The molecule has 25 nitrogen and oxygen atoms in total. The highest BCUT2D eigenvalue weighted by Gasteiger charge is 2.49. The molecule has 546 valence electrons. The van der Waals surface area contributed by atoms with Crippen LogP contribution in [0.2, 0.25) is 0 Å². The number of amides is 9. The molecular formula is C74H90F3N11O14. The summed E-state index contributed by atoms with van der Waals surface area (Å²) >= 11 is 0. The Morgan fingerprint density at radius 2 is 1.49 bits per heavy atom. The number of aromatic nitrogens is 1. The van der Waals surface area contributed by atoms with E-state index in [4.69, 9.17) is 20.9 Å². The molecule has 5 heterocycles. The first kappa shape index (κ1) is 76.2. The number of alkyl halides is 1. The molecule has 0 spiro atoms. The minimum Gasteiger partial charge on any atom is -0.497 e. The van der Waals surface area contributed by atoms with Gasteiger partial charge in [0.2, 0.25) is 47.3 Å². The molecule has 102 heavy (non-hydrogen) atoms. The zero-order chi connectivity index (χ0) is 73.5. The Morgan fingerprint density at radius 3 is 2.21 bits per heavy atom. The van der Waals surface area contributed by atoms with Crippen molar-refractivity contribution >= 4 is 81.2 Å². The van der Waals surface area contributed by atoms with Gasteiger partial charge in [0.25, 0.3) is 5.91 Å². The van der Waals surface area contributed by atoms with E-state index in [1.54, 1.807) is 67.6 Å². The topological polar surface area (TPSA) is 373 Å². The number of primary amides is 1. The second-order valence-corrected chi connectivity index (χ2v) is 27.1. The SMILES string of the molecule is COc1ccc(C[C@@H]2NC(=O)[C@H]([C@@H](C)O)NC(=O)[C@@H]3C[C@H](F)CN3C(=O)[C@H](CC3=CCc4ccc(F)cc43)NC(=O)[C@H](Cc3c[nH]c4ccc(F)cc34)CC(=O)[C@@H](C)NC(=O)[C@H](CCCCN)NC(=O)CCCNC(=O)COc3ccc(cc3)C[C@@H](C(N)=O)CC(=O)[C@]3(C)CCCN3C2=O)cc1. The molecule has 2 saturated heterocycles. The van der Waals surface area contributed by atoms with E-state index in [2.05, 4.69) is 36.9 Å². The first-order valence-corrected chi connectivity index (χ1v) is 34.6. The molecular weight excluding hydrogens is 1320 g/mol. The minimum atomic E-state index is -1.88. The zero-order valence-electron chi connectivity index (χ0n) is 57.6. The number of H-pyrrole nitrogens is 1. The summed E-state index contributed by atoms with van der Waals surface area (Å²) in [6, 6.07) is 11.8. The summed E-state index contributed by atoms with van der Waals surface area (Å²) in [5, 5.41) is 27.8. The number of ether oxygens (including phenoxy) is 2. The largest absolute Gasteiger partial charge is 0.497 e. The number of halogens is 3. The molecule has 4 aromatic carbocycles. The van der Waals surface area contributed by atoms with Crippen molar-refractivity contribution in [2.45, 2.75) is 171 Å². The van der Waals surface area contributed by atoms with Crippen LogP contribution in [0.4, 0.5) is 13.2 Å². The monoisotopic (exact) mass is 1410 g/mol. The maximum absolute atomic E-state index is 16.2. The number of allylic oxidation sites excluding steroid dienone is 1. The van der Waals surface area contributed by atoms with Crippen LogP contribution in [-0.4, -0.2) is 179 Å². The predicted molar refractivity (Wildman–Crippen MR) is 369 cm³/mol. The number of ketones is 2. The number of hydrogen-bond donors (Lipinski definition) is 10. The molecule has 5 aliphatic rings. The molecule has 28 heteroatoms. The smallest absolute Gasteiger partial charge is 0.257 e. The summed E-state index contributed by atoms with van der Waals surface area (Å²) in [4.78, 5) is 164. The Morgan fingerprint density at radius 1 is 0.775 bits per heavy atom. The van der Waals surface area contributed by atoms with Crippen molar-refractivity contribution in [3.05, 3.63) is 137 Å². The van der Waals surface area contributed by atoms with Gasteiger partial charge in [-0.2, -0.15) is 0 Å². The molecule has 1 aromatic heterocycles. The molecule has 0 radical (unpaired) electrons. The molecule has 2 fully saturated rings. The van der Waals surface area contributed by atoms with Gasteiger partial charge < -0.3 is 72.7 Å². The molecule has 12 N–H and O–H groups in total. The lowest BCUT2D eigenvalue weighted by atomic mass is 9.84. The standard InChI is InChI=1S/C74H90F3N11O14/c1-41-62(90)33-48(31-49-38-81-57-24-19-51(76)36-56(49)57)68(95)84-60(32-46-16-15-45-17-18-50(75)35-55(45)46)72(99)87-39-52(77)37-61(87)70(97)86-66(42(2)89)71(98)85-59(30-44-11-20-53(101-4)21-12-44)73(100)88-28-8-25-74(88,3)63(91)34-47(67(79)94)29-43-13-22-54(23-14-43)102-40-65(93)80-27-7-10-64(92)83-58(69(96)82-41)9-5-6-26-78/h11-14,16-24,35-36,38,41-42,47-48,52,58-61,66,81,89H,5-10,15,25-34,37,39-40,78H2,1-4H3,(H2,79,94)(H,80,93)(H,82,96)(H,83,92)(H,84,95)(H,85,98)(H,86,97)/t41-,42-,47-,48-,52+,58+,59+,60+,61+,66+,74+/m1/s1. The fourth-order valence-corrected chi connectivity index (χ4v) is 13.7. The molecule has 11 atom stereocenters. The van der Waals surface area contributed by atoms with Crippen molar-refractivity contribution in [2.75, 3.05) is 39.9 Å². The second kappa shape index (κ2) is 34.6. The maximum atomic E-state index is 16.2. The van der Waals surface area contributed by atoms with Crippen molar-refractivity contribution in [1.82, 2.24) is 46.7 Å². The van der Waals surface area contributed by atoms with Crippen molar-refractivity contribution in [2.24, 2.45) is 23.3 Å². The lowest BCUT2D eigenvalue weighted by Crippen LogP contribution is -2.62. The number of aromatic amines is 1. The van der Waals surface area contributed by atoms with Gasteiger partial charge in [-0.05, 0) is 173 Å². The van der Waals surface area contributed by atoms with E-state index < -0.39 is 168 Å². The zero-order valence-corrected chi connectivity index (χ0v) is 57.6. The number of unbranched alkanes of at least 4 members (excludes halogenated alkanes) is 1. The number of aliphatic hydroxyl groups excluding tert-OH is 1. The summed E-state index contributed by atoms with van der Waals surface area (Å²) < 4.78 is 57.2. The molecule has 4 aliphatic heterocycles. The van der Waals surface area contributed by atoms with Gasteiger partial charge in [-0.15, -0.1) is 0 Å². The van der Waals surface area contributed by atoms with Crippen LogP contribution in [0.1, 0.15) is 119 Å². The second-order valence-electron chi connectivity index (χ2n) is 27.1. The Balaban J connectivity index is 1.04. The van der Waals surface area contributed by atoms with E-state index in [-0.39, 0.29) is 77.4 Å². The number of methoxy groups -OCH3 is 1. The van der Waals surface area contributed by atoms with Crippen LogP contribution in [0.15, 0.2) is 97.2 Å². The average molecular weight is 1410 g/mol. The molecule has 0 saturated carbocycles. The number of nitrogens with two attached hydrogens (primary N) is 2. The third-order valence-corrected chi connectivity index (χ3v) is 19.6. The van der Waals surface area contributed by atoms with Gasteiger partial charge in [-0.25, -0.2) is 13.2 Å². The summed E-state index contributed by atoms with van der Waals surface area (Å²) in [7, 11) is 1.46. The van der Waals surface area contributed by atoms with E-state index in [1.807, 2.05) is 0 Å². The Kier molecular flexibility index (Phi) is 25.9. The number of fused-ring (bicyclic) bond motifs is 32. The van der Waals surface area contributed by atoms with E-state index in [0.717, 1.165) is 4.90 Å². The van der Waals surface area contributed by atoms with E-state index in [1.165, 1.54) is 62.4 Å². The van der Waals surface area contributed by atoms with Crippen molar-refractivity contribution < 1.29 is 80.5 Å². The van der Waals surface area contributed by atoms with Crippen molar-refractivity contribution in [3.8, 4) is 11.5 Å². The van der Waals surface area contributed by atoms with Gasteiger partial charge in [-0.3, -0.25) is 52.7 Å². The van der Waals surface area contributed by atoms with Crippen LogP contribution >= 0.6 is 0 Å². The number of carbonyl (C=O) groups excluding carboxylic acids is 11. The summed E-state index contributed by atoms with van der Waals surface area (Å²) in [5.41, 5.74) is 13.6. The lowest BCUT2D eigenvalue weighted by Gasteiger charge is -2.37. The molecule has 1 aliphatic carbocycles. The van der Waals surface area contributed by atoms with Gasteiger partial charge >= 0.3 is 0 Å². The van der Waals surface area contributed by atoms with E-state index in [9.17, 15) is 47.9 Å². The fraction of sp³-hybridized carbons (Fsp3) is 0.473. The quantitative estimate of drug-likeness (QED) is 0.0751. The summed E-state index contributed by atoms with van der Waals surface area (Å²) in [6.45, 7) is 3.38. The normalized spacial score (nSPS) is 25.6. The van der Waals surface area contributed by atoms with Crippen molar-refractivity contribution in [1.29, 1.82) is 0 Å². The van der Waals surface area contributed by atoms with Crippen LogP contribution in [0.25, 0.3) is 16.5 Å². The van der Waals surface area contributed by atoms with E-state index in [0.29, 0.717) is 81.5 Å². The Labute approximate surface area is 588 Å². The number of nitrogens with one attached hydrogen (secondary N) is 7. The number of Topliss-reactive ketones (excluding diaryl/α,β-unsaturated/α-hetero) is 2. The van der Waals surface area contributed by atoms with Gasteiger partial charge in [0.05, 0.1) is 31.3 Å². The van der Waals surface area contributed by atoms with Crippen LogP contribution in [0.3, 0.4) is 0 Å². The maximum Gasteiger partial charge on any atom is 0.257 e. The number of hydrogen-bond acceptors (Lipinski definition) is 15. The molecule has 10 rings (SSSR count). The molecule has 0 unspecified atom stereocenters. The predicted octanol–water partition coefficient (Wildman–Crippen LogP) is 3.71. The molecule has 2 bridgehead atoms. The van der Waals surface area contributed by atoms with Crippen LogP contribution in [0.5, 0.6) is 11.5 Å². The van der Waals surface area contributed by atoms with Crippen LogP contribution < -0.4 is 52.8 Å². The number of rotatable bonds is 13. The highest BCUT2D eigenvalue weighted by Crippen LogP contribution is 2.36. The molecule has 5 aromatic rings. The highest BCUT2D eigenvalue weighted by atomic mass is 19.1. The van der Waals surface area contributed by atoms with Gasteiger partial charge in [-0.1, -0.05) is 36.4 Å². The number of nitrogens with zero attached hydrogens (tertiary/aromatic N) is 2. The van der Waals surface area contributed by atoms with Crippen LogP contribution in [-0.2, 0) is 78.4 Å². The summed E-state index contributed by atoms with van der Waals surface area (Å²) in [6.07, 6.45) is -0.945. The van der Waals surface area contributed by atoms with E-state index >= 15 is 23.2 Å².